The van der Waals surface area contributed by atoms with Gasteiger partial charge in [-0.3, -0.25) is 0 Å². The Morgan fingerprint density at radius 1 is 0.400 bits per heavy atom. The van der Waals surface area contributed by atoms with Gasteiger partial charge in [-0.15, -0.1) is 0 Å². The summed E-state index contributed by atoms with van der Waals surface area (Å²) in [4.78, 5) is 0. The summed E-state index contributed by atoms with van der Waals surface area (Å²) in [5.74, 6) is 0. The zero-order chi connectivity index (χ0) is 20.5. The van der Waals surface area contributed by atoms with E-state index in [1.54, 1.807) is 0 Å². The molecule has 0 saturated heterocycles. The van der Waals surface area contributed by atoms with E-state index in [0.717, 1.165) is 0 Å². The van der Waals surface area contributed by atoms with Gasteiger partial charge in [-0.05, 0) is 69.5 Å². The van der Waals surface area contributed by atoms with Gasteiger partial charge in [0.2, 0.25) is 0 Å². The van der Waals surface area contributed by atoms with Crippen LogP contribution in [-0.4, -0.2) is 0 Å². The molecule has 0 atom stereocenters. The van der Waals surface area contributed by atoms with E-state index in [1.807, 2.05) is 0 Å². The van der Waals surface area contributed by atoms with E-state index >= 15 is 0 Å². The Morgan fingerprint density at radius 2 is 0.800 bits per heavy atom. The number of rotatable bonds is 2. The molecule has 0 amide bonds. The lowest BCUT2D eigenvalue weighted by atomic mass is 9.78. The molecule has 4 aromatic rings. The van der Waals surface area contributed by atoms with Gasteiger partial charge in [0.1, 0.15) is 0 Å². The predicted octanol–water partition coefficient (Wildman–Crippen LogP) is 7.79. The van der Waals surface area contributed by atoms with E-state index in [-0.39, 0.29) is 0 Å². The van der Waals surface area contributed by atoms with Crippen molar-refractivity contribution in [3.8, 4) is 0 Å². The maximum Gasteiger partial charge on any atom is -0.00178 e. The first-order valence-electron chi connectivity index (χ1n) is 10.5. The molecule has 1 aliphatic carbocycles. The van der Waals surface area contributed by atoms with Gasteiger partial charge in [0.25, 0.3) is 0 Å². The molecule has 144 valence electrons. The van der Waals surface area contributed by atoms with Crippen molar-refractivity contribution in [3.05, 3.63) is 142 Å². The zero-order valence-electron chi connectivity index (χ0n) is 17.4. The van der Waals surface area contributed by atoms with E-state index in [2.05, 4.69) is 123 Å². The second kappa shape index (κ2) is 7.65. The van der Waals surface area contributed by atoms with Crippen LogP contribution in [0.5, 0.6) is 0 Å². The van der Waals surface area contributed by atoms with Crippen LogP contribution in [0.4, 0.5) is 0 Å². The highest BCUT2D eigenvalue weighted by Crippen LogP contribution is 2.43. The lowest BCUT2D eigenvalue weighted by molar-refractivity contribution is 1.36. The minimum Gasteiger partial charge on any atom is -0.0622 e. The summed E-state index contributed by atoms with van der Waals surface area (Å²) in [6.07, 6.45) is 4.54. The first-order chi connectivity index (χ1) is 14.7. The monoisotopic (exact) mass is 384 g/mol. The highest BCUT2D eigenvalue weighted by molar-refractivity contribution is 6.09. The quantitative estimate of drug-likeness (QED) is 0.291. The van der Waals surface area contributed by atoms with Crippen LogP contribution in [-0.2, 0) is 0 Å². The average molecular weight is 385 g/mol. The number of benzene rings is 4. The van der Waals surface area contributed by atoms with Crippen molar-refractivity contribution in [2.75, 3.05) is 0 Å². The SMILES string of the molecule is Cc1cccc2c1/C(c1ccccc1)=C(/c1ccccc1)c1c(C)cccc1/C=C\2. The molecule has 0 radical (unpaired) electrons. The molecule has 0 heterocycles. The Balaban J connectivity index is 2.02. The van der Waals surface area contributed by atoms with Crippen LogP contribution in [0.15, 0.2) is 97.1 Å². The summed E-state index contributed by atoms with van der Waals surface area (Å²) in [6, 6.07) is 34.9. The smallest absolute Gasteiger partial charge is 0.00178 e. The van der Waals surface area contributed by atoms with Crippen LogP contribution in [0.3, 0.4) is 0 Å². The predicted molar refractivity (Wildman–Crippen MR) is 129 cm³/mol. The van der Waals surface area contributed by atoms with Crippen molar-refractivity contribution in [2.24, 2.45) is 0 Å². The largest absolute Gasteiger partial charge is 0.0622 e. The van der Waals surface area contributed by atoms with Gasteiger partial charge in [-0.1, -0.05) is 109 Å². The van der Waals surface area contributed by atoms with E-state index in [0.29, 0.717) is 0 Å². The summed E-state index contributed by atoms with van der Waals surface area (Å²) in [5, 5.41) is 0. The molecule has 0 fully saturated rings. The molecule has 0 N–H and O–H groups in total. The van der Waals surface area contributed by atoms with E-state index < -0.39 is 0 Å². The molecule has 0 heteroatoms. The summed E-state index contributed by atoms with van der Waals surface area (Å²) in [5.41, 5.74) is 12.8. The van der Waals surface area contributed by atoms with Gasteiger partial charge in [0.15, 0.2) is 0 Å². The number of fused-ring (bicyclic) bond motifs is 2. The number of hydrogen-bond acceptors (Lipinski definition) is 0. The average Bonchev–Trinajstić information content (AvgIpc) is 2.77. The van der Waals surface area contributed by atoms with Crippen molar-refractivity contribution in [2.45, 2.75) is 13.8 Å². The van der Waals surface area contributed by atoms with Gasteiger partial charge in [-0.2, -0.15) is 0 Å². The molecule has 0 saturated carbocycles. The van der Waals surface area contributed by atoms with Gasteiger partial charge >= 0.3 is 0 Å². The fraction of sp³-hybridized carbons (Fsp3) is 0.0667. The van der Waals surface area contributed by atoms with Crippen molar-refractivity contribution in [1.82, 2.24) is 0 Å². The number of aryl methyl sites for hydroxylation is 2. The Labute approximate surface area is 178 Å². The van der Waals surface area contributed by atoms with Crippen molar-refractivity contribution < 1.29 is 0 Å². The molecule has 1 aliphatic rings. The lowest BCUT2D eigenvalue weighted by Crippen LogP contribution is -2.05. The maximum absolute atomic E-state index is 2.27. The summed E-state index contributed by atoms with van der Waals surface area (Å²) in [7, 11) is 0. The highest BCUT2D eigenvalue weighted by atomic mass is 14.3. The topological polar surface area (TPSA) is 0 Å². The van der Waals surface area contributed by atoms with Gasteiger partial charge < -0.3 is 0 Å². The fourth-order valence-electron chi connectivity index (χ4n) is 4.56. The molecule has 0 bridgehead atoms. The Kier molecular flexibility index (Phi) is 4.69. The van der Waals surface area contributed by atoms with E-state index in [9.17, 15) is 0 Å². The third kappa shape index (κ3) is 3.11. The molecule has 0 spiro atoms. The molecular weight excluding hydrogens is 360 g/mol. The van der Waals surface area contributed by atoms with Crippen LogP contribution < -0.4 is 0 Å². The molecule has 0 aliphatic heterocycles. The zero-order valence-corrected chi connectivity index (χ0v) is 17.4. The summed E-state index contributed by atoms with van der Waals surface area (Å²) in [6.45, 7) is 4.44. The minimum atomic E-state index is 1.25. The van der Waals surface area contributed by atoms with Crippen LogP contribution in [0.2, 0.25) is 0 Å². The second-order valence-corrected chi connectivity index (χ2v) is 7.89. The van der Waals surface area contributed by atoms with E-state index in [4.69, 9.17) is 0 Å². The first-order valence-corrected chi connectivity index (χ1v) is 10.5. The molecule has 5 rings (SSSR count). The normalized spacial score (nSPS) is 16.2. The van der Waals surface area contributed by atoms with Crippen LogP contribution in [0, 0.1) is 13.8 Å². The Bertz CT molecular complexity index is 1170. The molecule has 0 nitrogen and oxygen atoms in total. The Hall–Kier alpha value is -3.64. The van der Waals surface area contributed by atoms with Gasteiger partial charge in [0, 0.05) is 0 Å². The van der Waals surface area contributed by atoms with Crippen LogP contribution in [0.1, 0.15) is 44.5 Å². The third-order valence-corrected chi connectivity index (χ3v) is 5.93. The van der Waals surface area contributed by atoms with Gasteiger partial charge in [0.05, 0.1) is 0 Å². The minimum absolute atomic E-state index is 1.25. The van der Waals surface area contributed by atoms with E-state index in [1.165, 1.54) is 55.7 Å². The fourth-order valence-corrected chi connectivity index (χ4v) is 4.56. The second-order valence-electron chi connectivity index (χ2n) is 7.89. The first kappa shape index (κ1) is 18.4. The number of hydrogen-bond donors (Lipinski definition) is 0. The van der Waals surface area contributed by atoms with Crippen molar-refractivity contribution in [1.29, 1.82) is 0 Å². The van der Waals surface area contributed by atoms with Crippen LogP contribution >= 0.6 is 0 Å². The third-order valence-electron chi connectivity index (χ3n) is 5.93. The Morgan fingerprint density at radius 3 is 1.20 bits per heavy atom. The van der Waals surface area contributed by atoms with Crippen LogP contribution in [0.25, 0.3) is 23.3 Å². The lowest BCUT2D eigenvalue weighted by Gasteiger charge is -2.25. The van der Waals surface area contributed by atoms with Gasteiger partial charge in [-0.25, -0.2) is 0 Å². The molecule has 0 unspecified atom stereocenters. The highest BCUT2D eigenvalue weighted by Gasteiger charge is 2.23. The maximum atomic E-state index is 2.27. The summed E-state index contributed by atoms with van der Waals surface area (Å²) < 4.78 is 0. The molecule has 30 heavy (non-hydrogen) atoms. The summed E-state index contributed by atoms with van der Waals surface area (Å²) >= 11 is 0. The standard InChI is InChI=1S/C30H24/c1-21-11-9-17-25-19-20-26-18-10-12-22(2)28(26)30(24-15-7-4-8-16-24)29(27(21)25)23-13-5-3-6-14-23/h3-20H,1-2H3/b20-19-,25-19?,26-20?,29-27?,30-28?,30-29-. The van der Waals surface area contributed by atoms with Crippen molar-refractivity contribution >= 4 is 23.3 Å². The molecule has 0 aromatic heterocycles. The molecular formula is C30H24. The van der Waals surface area contributed by atoms with Crippen molar-refractivity contribution in [3.63, 3.8) is 0 Å². The molecule has 4 aromatic carbocycles.